The minimum Gasteiger partial charge on any atom is -0.368 e. The highest BCUT2D eigenvalue weighted by Gasteiger charge is 2.35. The Morgan fingerprint density at radius 2 is 1.80 bits per heavy atom. The number of hydrogen-bond acceptors (Lipinski definition) is 4. The van der Waals surface area contributed by atoms with Crippen molar-refractivity contribution < 1.29 is 13.2 Å². The van der Waals surface area contributed by atoms with E-state index in [2.05, 4.69) is 4.98 Å². The van der Waals surface area contributed by atoms with Gasteiger partial charge in [-0.15, -0.1) is 0 Å². The highest BCUT2D eigenvalue weighted by Crippen LogP contribution is 2.29. The van der Waals surface area contributed by atoms with Crippen LogP contribution in [0.1, 0.15) is 50.3 Å². The van der Waals surface area contributed by atoms with E-state index >= 15 is 0 Å². The van der Waals surface area contributed by atoms with Crippen molar-refractivity contribution in [2.24, 2.45) is 5.73 Å². The Kier molecular flexibility index (Phi) is 5.75. The summed E-state index contributed by atoms with van der Waals surface area (Å²) in [4.78, 5) is 15.6. The number of carbonyl (C=O) groups is 1. The second kappa shape index (κ2) is 7.84. The summed E-state index contributed by atoms with van der Waals surface area (Å²) in [5, 5.41) is 0. The predicted molar refractivity (Wildman–Crippen MR) is 93.9 cm³/mol. The van der Waals surface area contributed by atoms with Crippen LogP contribution in [0.15, 0.2) is 12.4 Å². The molecule has 2 aliphatic rings. The first kappa shape index (κ1) is 18.3. The summed E-state index contributed by atoms with van der Waals surface area (Å²) in [5.41, 5.74) is 5.29. The van der Waals surface area contributed by atoms with Crippen LogP contribution in [0, 0.1) is 0 Å². The molecule has 0 spiro atoms. The molecule has 2 aliphatic heterocycles. The Hall–Kier alpha value is -1.45. The number of hydrogen-bond donors (Lipinski definition) is 1. The summed E-state index contributed by atoms with van der Waals surface area (Å²) in [6.07, 6.45) is 9.07. The molecule has 2 N–H and O–H groups in total. The van der Waals surface area contributed by atoms with E-state index in [0.29, 0.717) is 26.2 Å². The number of piperidine rings is 1. The molecule has 0 bridgehead atoms. The molecule has 1 aromatic heterocycles. The first-order valence-electron chi connectivity index (χ1n) is 9.03. The lowest BCUT2D eigenvalue weighted by Gasteiger charge is -2.35. The summed E-state index contributed by atoms with van der Waals surface area (Å²) in [7, 11) is -3.43. The second-order valence-electron chi connectivity index (χ2n) is 6.90. The van der Waals surface area contributed by atoms with E-state index in [9.17, 15) is 13.2 Å². The molecular weight excluding hydrogens is 342 g/mol. The molecule has 3 heterocycles. The van der Waals surface area contributed by atoms with Crippen molar-refractivity contribution in [3.05, 3.63) is 18.2 Å². The van der Waals surface area contributed by atoms with Gasteiger partial charge in [-0.1, -0.05) is 12.8 Å². The largest absolute Gasteiger partial charge is 0.368 e. The Morgan fingerprint density at radius 3 is 2.48 bits per heavy atom. The molecular formula is C16H27N5O3S. The lowest BCUT2D eigenvalue weighted by molar-refractivity contribution is -0.118. The van der Waals surface area contributed by atoms with Gasteiger partial charge in [-0.3, -0.25) is 4.79 Å². The van der Waals surface area contributed by atoms with E-state index in [-0.39, 0.29) is 12.5 Å². The van der Waals surface area contributed by atoms with E-state index < -0.39 is 16.1 Å². The summed E-state index contributed by atoms with van der Waals surface area (Å²) >= 11 is 0. The van der Waals surface area contributed by atoms with Crippen LogP contribution in [0.5, 0.6) is 0 Å². The van der Waals surface area contributed by atoms with Gasteiger partial charge in [-0.05, 0) is 25.7 Å². The van der Waals surface area contributed by atoms with E-state index in [1.807, 2.05) is 0 Å². The third kappa shape index (κ3) is 4.21. The zero-order chi connectivity index (χ0) is 17.9. The fourth-order valence-electron chi connectivity index (χ4n) is 3.78. The summed E-state index contributed by atoms with van der Waals surface area (Å²) in [6.45, 7) is 2.25. The van der Waals surface area contributed by atoms with Crippen LogP contribution < -0.4 is 5.73 Å². The summed E-state index contributed by atoms with van der Waals surface area (Å²) in [5.74, 6) is 0.309. The van der Waals surface area contributed by atoms with Crippen molar-refractivity contribution in [1.82, 2.24) is 18.2 Å². The fourth-order valence-corrected chi connectivity index (χ4v) is 5.56. The number of rotatable bonds is 5. The standard InChI is InChI=1S/C16H27N5O3S/c17-15(22)13-19-11-7-18-16(19)14-6-5-10-21(12-14)25(23,24)20-8-3-1-2-4-9-20/h7,11,14H,1-6,8-10,12-13H2,(H2,17,22)/t14-/m1/s1. The molecule has 140 valence electrons. The average molecular weight is 369 g/mol. The third-order valence-corrected chi connectivity index (χ3v) is 7.04. The number of primary amides is 1. The van der Waals surface area contributed by atoms with Crippen LogP contribution in [-0.4, -0.2) is 58.7 Å². The summed E-state index contributed by atoms with van der Waals surface area (Å²) < 4.78 is 31.0. The number of nitrogens with two attached hydrogens (primary N) is 1. The van der Waals surface area contributed by atoms with Crippen molar-refractivity contribution in [3.8, 4) is 0 Å². The normalized spacial score (nSPS) is 24.1. The number of nitrogens with zero attached hydrogens (tertiary/aromatic N) is 4. The number of carbonyl (C=O) groups excluding carboxylic acids is 1. The van der Waals surface area contributed by atoms with Gasteiger partial charge >= 0.3 is 0 Å². The topological polar surface area (TPSA) is 102 Å². The molecule has 0 radical (unpaired) electrons. The van der Waals surface area contributed by atoms with Crippen molar-refractivity contribution in [3.63, 3.8) is 0 Å². The Labute approximate surface area is 149 Å². The molecule has 0 saturated carbocycles. The molecule has 0 aliphatic carbocycles. The van der Waals surface area contributed by atoms with Crippen LogP contribution in [-0.2, 0) is 21.5 Å². The number of aromatic nitrogens is 2. The molecule has 25 heavy (non-hydrogen) atoms. The molecule has 0 aromatic carbocycles. The van der Waals surface area contributed by atoms with Crippen LogP contribution in [0.4, 0.5) is 0 Å². The Balaban J connectivity index is 1.74. The van der Waals surface area contributed by atoms with E-state index in [4.69, 9.17) is 5.73 Å². The lowest BCUT2D eigenvalue weighted by Crippen LogP contribution is -2.48. The van der Waals surface area contributed by atoms with Crippen molar-refractivity contribution >= 4 is 16.1 Å². The molecule has 1 atom stereocenters. The van der Waals surface area contributed by atoms with Gasteiger partial charge in [-0.2, -0.15) is 17.0 Å². The maximum Gasteiger partial charge on any atom is 0.281 e. The molecule has 1 aromatic rings. The minimum absolute atomic E-state index is 0.00940. The molecule has 0 unspecified atom stereocenters. The van der Waals surface area contributed by atoms with Crippen molar-refractivity contribution in [2.45, 2.75) is 51.0 Å². The first-order chi connectivity index (χ1) is 12.0. The smallest absolute Gasteiger partial charge is 0.281 e. The zero-order valence-corrected chi connectivity index (χ0v) is 15.3. The van der Waals surface area contributed by atoms with Crippen molar-refractivity contribution in [2.75, 3.05) is 26.2 Å². The third-order valence-electron chi connectivity index (χ3n) is 5.04. The fraction of sp³-hybridized carbons (Fsp3) is 0.750. The number of imidazole rings is 1. The van der Waals surface area contributed by atoms with E-state index in [0.717, 1.165) is 44.3 Å². The van der Waals surface area contributed by atoms with Gasteiger partial charge in [0, 0.05) is 44.5 Å². The van der Waals surface area contributed by atoms with Crippen LogP contribution in [0.2, 0.25) is 0 Å². The van der Waals surface area contributed by atoms with Gasteiger partial charge in [-0.25, -0.2) is 4.98 Å². The monoisotopic (exact) mass is 369 g/mol. The highest BCUT2D eigenvalue weighted by molar-refractivity contribution is 7.86. The average Bonchev–Trinajstić information content (AvgIpc) is 2.85. The quantitative estimate of drug-likeness (QED) is 0.824. The highest BCUT2D eigenvalue weighted by atomic mass is 32.2. The minimum atomic E-state index is -3.43. The first-order valence-corrected chi connectivity index (χ1v) is 10.4. The Bertz CT molecular complexity index is 694. The molecule has 2 fully saturated rings. The molecule has 8 nitrogen and oxygen atoms in total. The maximum atomic E-state index is 13.0. The van der Waals surface area contributed by atoms with Gasteiger partial charge in [0.25, 0.3) is 10.2 Å². The Morgan fingerprint density at radius 1 is 1.12 bits per heavy atom. The zero-order valence-electron chi connectivity index (χ0n) is 14.5. The maximum absolute atomic E-state index is 13.0. The van der Waals surface area contributed by atoms with E-state index in [1.54, 1.807) is 25.6 Å². The summed E-state index contributed by atoms with van der Waals surface area (Å²) in [6, 6.07) is 0. The van der Waals surface area contributed by atoms with Crippen LogP contribution >= 0.6 is 0 Å². The molecule has 1 amide bonds. The van der Waals surface area contributed by atoms with Gasteiger partial charge in [0.2, 0.25) is 5.91 Å². The second-order valence-corrected chi connectivity index (χ2v) is 8.83. The molecule has 3 rings (SSSR count). The van der Waals surface area contributed by atoms with Gasteiger partial charge in [0.05, 0.1) is 0 Å². The van der Waals surface area contributed by atoms with E-state index in [1.165, 1.54) is 0 Å². The van der Waals surface area contributed by atoms with Gasteiger partial charge in [0.15, 0.2) is 0 Å². The van der Waals surface area contributed by atoms with Gasteiger partial charge in [0.1, 0.15) is 12.4 Å². The molecule has 9 heteroatoms. The van der Waals surface area contributed by atoms with Crippen LogP contribution in [0.25, 0.3) is 0 Å². The van der Waals surface area contributed by atoms with Gasteiger partial charge < -0.3 is 10.3 Å². The van der Waals surface area contributed by atoms with Crippen molar-refractivity contribution in [1.29, 1.82) is 0 Å². The SMILES string of the molecule is NC(=O)Cn1ccnc1[C@@H]1CCCN(S(=O)(=O)N2CCCCCC2)C1. The predicted octanol–water partition coefficient (Wildman–Crippen LogP) is 0.669. The number of amides is 1. The van der Waals surface area contributed by atoms with Crippen LogP contribution in [0.3, 0.4) is 0 Å². The lowest BCUT2D eigenvalue weighted by atomic mass is 9.99. The molecule has 2 saturated heterocycles.